The molecule has 0 aromatic heterocycles. The first kappa shape index (κ1) is 21.4. The van der Waals surface area contributed by atoms with Crippen molar-refractivity contribution in [1.82, 2.24) is 0 Å². The maximum absolute atomic E-state index is 12.3. The van der Waals surface area contributed by atoms with Crippen LogP contribution < -0.4 is 0 Å². The number of carbonyl (C=O) groups excluding carboxylic acids is 2. The Balaban J connectivity index is 1.77. The summed E-state index contributed by atoms with van der Waals surface area (Å²) in [5, 5.41) is 23.9. The topological polar surface area (TPSA) is 102 Å². The molecule has 4 aliphatic carbocycles. The molecule has 2 N–H and O–H groups in total. The van der Waals surface area contributed by atoms with Gasteiger partial charge in [-0.2, -0.15) is 0 Å². The summed E-state index contributed by atoms with van der Waals surface area (Å²) in [6.07, 6.45) is 1.24. The minimum atomic E-state index is -1.82. The number of hydrogen-bond donors (Lipinski definition) is 2. The van der Waals surface area contributed by atoms with Crippen LogP contribution in [0.2, 0.25) is 0 Å². The van der Waals surface area contributed by atoms with Crippen molar-refractivity contribution in [2.75, 3.05) is 6.61 Å². The van der Waals surface area contributed by atoms with Gasteiger partial charge in [-0.25, -0.2) is 0 Å². The van der Waals surface area contributed by atoms with Gasteiger partial charge in [0.2, 0.25) is 5.79 Å². The summed E-state index contributed by atoms with van der Waals surface area (Å²) >= 11 is 0. The highest BCUT2D eigenvalue weighted by molar-refractivity contribution is 5.67. The summed E-state index contributed by atoms with van der Waals surface area (Å²) in [5.74, 6) is -3.08. The third kappa shape index (κ3) is 2.35. The number of aliphatic hydroxyl groups excluding tert-OH is 1. The van der Waals surface area contributed by atoms with E-state index in [0.717, 1.165) is 24.8 Å². The predicted octanol–water partition coefficient (Wildman–Crippen LogP) is 2.34. The fourth-order valence-electron chi connectivity index (χ4n) is 8.67. The van der Waals surface area contributed by atoms with Crippen LogP contribution in [-0.4, -0.2) is 52.9 Å². The molecule has 172 valence electrons. The van der Waals surface area contributed by atoms with Crippen molar-refractivity contribution in [2.24, 2.45) is 34.0 Å². The minimum absolute atomic E-state index is 0.0918. The summed E-state index contributed by atoms with van der Waals surface area (Å²) < 4.78 is 17.9. The van der Waals surface area contributed by atoms with E-state index in [1.165, 1.54) is 13.8 Å². The zero-order valence-electron chi connectivity index (χ0n) is 18.8. The molecule has 0 unspecified atom stereocenters. The van der Waals surface area contributed by atoms with Gasteiger partial charge in [0, 0.05) is 25.2 Å². The van der Waals surface area contributed by atoms with Gasteiger partial charge in [0.05, 0.1) is 18.1 Å². The fraction of sp³-hybridized carbons (Fsp3) is 0.833. The summed E-state index contributed by atoms with van der Waals surface area (Å²) in [4.78, 5) is 24.3. The van der Waals surface area contributed by atoms with Gasteiger partial charge in [0.15, 0.2) is 6.10 Å². The Labute approximate surface area is 183 Å². The van der Waals surface area contributed by atoms with Crippen molar-refractivity contribution < 1.29 is 34.0 Å². The summed E-state index contributed by atoms with van der Waals surface area (Å²) in [5.41, 5.74) is -1.17. The Morgan fingerprint density at radius 3 is 2.45 bits per heavy atom. The van der Waals surface area contributed by atoms with Crippen molar-refractivity contribution in [2.45, 2.75) is 83.9 Å². The van der Waals surface area contributed by atoms with Gasteiger partial charge in [-0.05, 0) is 54.9 Å². The van der Waals surface area contributed by atoms with Crippen LogP contribution in [0.3, 0.4) is 0 Å². The molecule has 0 amide bonds. The molecule has 4 bridgehead atoms. The molecule has 2 aliphatic heterocycles. The molecule has 2 spiro atoms. The van der Waals surface area contributed by atoms with Gasteiger partial charge in [-0.3, -0.25) is 9.59 Å². The second kappa shape index (κ2) is 6.33. The predicted molar refractivity (Wildman–Crippen MR) is 109 cm³/mol. The zero-order valence-corrected chi connectivity index (χ0v) is 18.8. The van der Waals surface area contributed by atoms with Gasteiger partial charge in [-0.15, -0.1) is 0 Å². The molecule has 7 nitrogen and oxygen atoms in total. The first-order valence-corrected chi connectivity index (χ1v) is 11.5. The smallest absolute Gasteiger partial charge is 0.303 e. The van der Waals surface area contributed by atoms with Gasteiger partial charge >= 0.3 is 11.9 Å². The van der Waals surface area contributed by atoms with E-state index in [9.17, 15) is 19.8 Å². The molecule has 7 heteroatoms. The van der Waals surface area contributed by atoms with Crippen molar-refractivity contribution in [3.05, 3.63) is 12.2 Å². The molecular weight excluding hydrogens is 400 g/mol. The Hall–Kier alpha value is -1.44. The van der Waals surface area contributed by atoms with Crippen molar-refractivity contribution >= 4 is 11.9 Å². The van der Waals surface area contributed by atoms with Crippen molar-refractivity contribution in [1.29, 1.82) is 0 Å². The lowest BCUT2D eigenvalue weighted by Crippen LogP contribution is -2.84. The van der Waals surface area contributed by atoms with Crippen molar-refractivity contribution in [3.8, 4) is 0 Å². The van der Waals surface area contributed by atoms with Gasteiger partial charge in [0.25, 0.3) is 0 Å². The normalized spacial score (nSPS) is 51.6. The maximum atomic E-state index is 12.3. The highest BCUT2D eigenvalue weighted by Crippen LogP contribution is 2.78. The van der Waals surface area contributed by atoms with E-state index in [0.29, 0.717) is 12.8 Å². The van der Waals surface area contributed by atoms with Crippen LogP contribution in [0.4, 0.5) is 0 Å². The van der Waals surface area contributed by atoms with E-state index < -0.39 is 46.9 Å². The lowest BCUT2D eigenvalue weighted by atomic mass is 9.36. The van der Waals surface area contributed by atoms with E-state index in [4.69, 9.17) is 14.2 Å². The molecule has 6 aliphatic rings. The Morgan fingerprint density at radius 1 is 1.13 bits per heavy atom. The summed E-state index contributed by atoms with van der Waals surface area (Å²) in [6.45, 7) is 11.4. The molecule has 6 fully saturated rings. The van der Waals surface area contributed by atoms with Crippen LogP contribution in [0.5, 0.6) is 0 Å². The number of carbonyl (C=O) groups is 2. The summed E-state index contributed by atoms with van der Waals surface area (Å²) in [6, 6.07) is 0. The van der Waals surface area contributed by atoms with Crippen LogP contribution in [0, 0.1) is 34.0 Å². The Kier molecular flexibility index (Phi) is 4.37. The standard InChI is InChI=1S/C24H34O7/c1-12-15-6-7-16-22-11-29-24(28,23(16,10-15)19(12)30-13(2)25)20(31-14(3)26)18(22)21(4,5)9-8-17(22)27/h15-20,27-28H,1,6-11H2,2-5H3/t15-,16+,17-,18-,19+,20+,22-,23+,24-/m1/s1. The summed E-state index contributed by atoms with van der Waals surface area (Å²) in [7, 11) is 0. The average molecular weight is 435 g/mol. The second-order valence-corrected chi connectivity index (χ2v) is 11.3. The molecule has 2 saturated heterocycles. The van der Waals surface area contributed by atoms with Crippen LogP contribution >= 0.6 is 0 Å². The zero-order chi connectivity index (χ0) is 22.6. The lowest BCUT2D eigenvalue weighted by molar-refractivity contribution is -0.465. The SMILES string of the molecule is C=C1[C@@H]2CC[C@H]3[C@@]45CO[C@](O)([C@@H](OC(C)=O)[C@@H]4C(C)(C)CC[C@H]5O)[C@]3(C2)[C@H]1OC(C)=O. The maximum Gasteiger partial charge on any atom is 0.303 e. The molecular formula is C24H34O7. The molecule has 9 atom stereocenters. The number of rotatable bonds is 2. The second-order valence-electron chi connectivity index (χ2n) is 11.3. The van der Waals surface area contributed by atoms with E-state index in [1.807, 2.05) is 0 Å². The number of ether oxygens (including phenoxy) is 3. The van der Waals surface area contributed by atoms with Crippen LogP contribution in [-0.2, 0) is 23.8 Å². The van der Waals surface area contributed by atoms with Crippen LogP contribution in [0.1, 0.15) is 59.8 Å². The Morgan fingerprint density at radius 2 is 1.81 bits per heavy atom. The van der Waals surface area contributed by atoms with Gasteiger partial charge in [-0.1, -0.05) is 20.4 Å². The number of aliphatic hydroxyl groups is 2. The quantitative estimate of drug-likeness (QED) is 0.508. The third-order valence-corrected chi connectivity index (χ3v) is 9.57. The number of hydrogen-bond acceptors (Lipinski definition) is 7. The third-order valence-electron chi connectivity index (χ3n) is 9.57. The average Bonchev–Trinajstić information content (AvgIpc) is 2.87. The highest BCUT2D eigenvalue weighted by atomic mass is 16.7. The first-order chi connectivity index (χ1) is 14.4. The number of fused-ring (bicyclic) bond motifs is 2. The molecule has 0 aromatic carbocycles. The molecule has 2 heterocycles. The van der Waals surface area contributed by atoms with E-state index in [1.54, 1.807) is 0 Å². The van der Waals surface area contributed by atoms with Crippen molar-refractivity contribution in [3.63, 3.8) is 0 Å². The van der Waals surface area contributed by atoms with E-state index in [-0.39, 0.29) is 29.8 Å². The van der Waals surface area contributed by atoms with Crippen LogP contribution in [0.25, 0.3) is 0 Å². The molecule has 0 radical (unpaired) electrons. The largest absolute Gasteiger partial charge is 0.457 e. The lowest BCUT2D eigenvalue weighted by Gasteiger charge is -2.75. The van der Waals surface area contributed by atoms with Crippen LogP contribution in [0.15, 0.2) is 12.2 Å². The first-order valence-electron chi connectivity index (χ1n) is 11.5. The molecule has 6 rings (SSSR count). The Bertz CT molecular complexity index is 851. The molecule has 31 heavy (non-hydrogen) atoms. The molecule has 4 saturated carbocycles. The number of esters is 2. The highest BCUT2D eigenvalue weighted by Gasteiger charge is 2.85. The van der Waals surface area contributed by atoms with E-state index >= 15 is 0 Å². The molecule has 0 aromatic rings. The van der Waals surface area contributed by atoms with Gasteiger partial charge < -0.3 is 24.4 Å². The monoisotopic (exact) mass is 434 g/mol. The minimum Gasteiger partial charge on any atom is -0.457 e. The van der Waals surface area contributed by atoms with Gasteiger partial charge in [0.1, 0.15) is 6.10 Å². The fourth-order valence-corrected chi connectivity index (χ4v) is 8.67. The van der Waals surface area contributed by atoms with E-state index in [2.05, 4.69) is 20.4 Å².